The van der Waals surface area contributed by atoms with Crippen molar-refractivity contribution >= 4 is 28.5 Å². The number of halogens is 1. The monoisotopic (exact) mass is 325 g/mol. The van der Waals surface area contributed by atoms with E-state index in [0.29, 0.717) is 5.02 Å². The lowest BCUT2D eigenvalue weighted by molar-refractivity contribution is -0.136. The second kappa shape index (κ2) is 5.43. The lowest BCUT2D eigenvalue weighted by atomic mass is 10.1. The average molecular weight is 326 g/mol. The van der Waals surface area contributed by atoms with Crippen LogP contribution < -0.4 is 0 Å². The number of aryl methyl sites for hydroxylation is 1. The Morgan fingerprint density at radius 2 is 2.09 bits per heavy atom. The molecule has 0 saturated carbocycles. The van der Waals surface area contributed by atoms with Crippen LogP contribution in [0.2, 0.25) is 5.02 Å². The van der Waals surface area contributed by atoms with Crippen LogP contribution in [0.15, 0.2) is 48.7 Å². The molecule has 1 N–H and O–H groups in total. The molecule has 2 aromatic carbocycles. The molecule has 0 radical (unpaired) electrons. The topological polar surface area (TPSA) is 42.2 Å². The highest BCUT2D eigenvalue weighted by Gasteiger charge is 2.25. The summed E-state index contributed by atoms with van der Waals surface area (Å²) >= 11 is 6.12. The molecular weight excluding hydrogens is 310 g/mol. The molecule has 3 nitrogen and oxygen atoms in total. The summed E-state index contributed by atoms with van der Waals surface area (Å²) in [6.07, 6.45) is 4.10. The highest BCUT2D eigenvalue weighted by Crippen LogP contribution is 2.38. The van der Waals surface area contributed by atoms with E-state index in [9.17, 15) is 9.90 Å². The Bertz CT molecular complexity index is 913. The minimum absolute atomic E-state index is 0.0121. The minimum Gasteiger partial charge on any atom is -0.481 e. The fraction of sp³-hybridized carbons (Fsp3) is 0.211. The first kappa shape index (κ1) is 14.3. The zero-order valence-corrected chi connectivity index (χ0v) is 13.3. The van der Waals surface area contributed by atoms with E-state index in [1.54, 1.807) is 0 Å². The van der Waals surface area contributed by atoms with Gasteiger partial charge in [0.15, 0.2) is 0 Å². The molecule has 1 heterocycles. The number of aliphatic carboxylic acids is 1. The highest BCUT2D eigenvalue weighted by atomic mass is 35.5. The van der Waals surface area contributed by atoms with Crippen LogP contribution in [0.3, 0.4) is 0 Å². The maximum Gasteiger partial charge on any atom is 0.307 e. The SMILES string of the molecule is O=C(O)Cc1cn(C2CCc3ccccc32)c2ccc(Cl)cc12. The molecule has 1 aliphatic carbocycles. The van der Waals surface area contributed by atoms with Gasteiger partial charge in [-0.3, -0.25) is 4.79 Å². The van der Waals surface area contributed by atoms with E-state index in [-0.39, 0.29) is 12.5 Å². The van der Waals surface area contributed by atoms with Crippen molar-refractivity contribution in [3.8, 4) is 0 Å². The van der Waals surface area contributed by atoms with Gasteiger partial charge >= 0.3 is 5.97 Å². The number of carboxylic acids is 1. The van der Waals surface area contributed by atoms with E-state index in [1.807, 2.05) is 24.4 Å². The lowest BCUT2D eigenvalue weighted by Crippen LogP contribution is -2.06. The number of fused-ring (bicyclic) bond motifs is 2. The number of rotatable bonds is 3. The molecule has 4 heteroatoms. The van der Waals surface area contributed by atoms with Crippen molar-refractivity contribution in [1.29, 1.82) is 0 Å². The van der Waals surface area contributed by atoms with Crippen LogP contribution >= 0.6 is 11.6 Å². The second-order valence-corrected chi connectivity index (χ2v) is 6.48. The second-order valence-electron chi connectivity index (χ2n) is 6.05. The van der Waals surface area contributed by atoms with Gasteiger partial charge in [-0.25, -0.2) is 0 Å². The zero-order chi connectivity index (χ0) is 16.0. The Labute approximate surface area is 139 Å². The van der Waals surface area contributed by atoms with Gasteiger partial charge in [-0.15, -0.1) is 0 Å². The Morgan fingerprint density at radius 1 is 1.26 bits per heavy atom. The number of carbonyl (C=O) groups is 1. The van der Waals surface area contributed by atoms with Crippen LogP contribution in [0.4, 0.5) is 0 Å². The van der Waals surface area contributed by atoms with Gasteiger partial charge in [-0.2, -0.15) is 0 Å². The van der Waals surface area contributed by atoms with Crippen molar-refractivity contribution in [3.05, 3.63) is 70.4 Å². The predicted molar refractivity (Wildman–Crippen MR) is 91.2 cm³/mol. The van der Waals surface area contributed by atoms with E-state index in [0.717, 1.165) is 29.3 Å². The maximum absolute atomic E-state index is 11.2. The molecule has 3 aromatic rings. The van der Waals surface area contributed by atoms with Gasteiger partial charge < -0.3 is 9.67 Å². The van der Waals surface area contributed by atoms with Crippen molar-refractivity contribution in [3.63, 3.8) is 0 Å². The number of benzene rings is 2. The molecule has 4 rings (SSSR count). The number of hydrogen-bond donors (Lipinski definition) is 1. The van der Waals surface area contributed by atoms with Gasteiger partial charge in [0.05, 0.1) is 12.5 Å². The van der Waals surface area contributed by atoms with Gasteiger partial charge in [0.25, 0.3) is 0 Å². The van der Waals surface area contributed by atoms with Crippen molar-refractivity contribution in [2.45, 2.75) is 25.3 Å². The van der Waals surface area contributed by atoms with Crippen molar-refractivity contribution in [2.24, 2.45) is 0 Å². The smallest absolute Gasteiger partial charge is 0.307 e. The van der Waals surface area contributed by atoms with Gasteiger partial charge in [0.2, 0.25) is 0 Å². The third-order valence-corrected chi connectivity index (χ3v) is 4.89. The van der Waals surface area contributed by atoms with Crippen molar-refractivity contribution < 1.29 is 9.90 Å². The molecule has 0 bridgehead atoms. The number of nitrogens with zero attached hydrogens (tertiary/aromatic N) is 1. The Kier molecular flexibility index (Phi) is 3.38. The van der Waals surface area contributed by atoms with Gasteiger partial charge in [-0.05, 0) is 47.7 Å². The number of hydrogen-bond acceptors (Lipinski definition) is 1. The van der Waals surface area contributed by atoms with Crippen molar-refractivity contribution in [2.75, 3.05) is 0 Å². The molecular formula is C19H16ClNO2. The molecule has 1 aliphatic rings. The van der Waals surface area contributed by atoms with Crippen LogP contribution in [0.25, 0.3) is 10.9 Å². The third kappa shape index (κ3) is 2.41. The number of carboxylic acid groups (broad SMARTS) is 1. The summed E-state index contributed by atoms with van der Waals surface area (Å²) in [4.78, 5) is 11.2. The van der Waals surface area contributed by atoms with E-state index in [4.69, 9.17) is 11.6 Å². The molecule has 1 aromatic heterocycles. The first-order valence-electron chi connectivity index (χ1n) is 7.72. The molecule has 1 unspecified atom stereocenters. The zero-order valence-electron chi connectivity index (χ0n) is 12.5. The summed E-state index contributed by atoms with van der Waals surface area (Å²) in [7, 11) is 0. The molecule has 23 heavy (non-hydrogen) atoms. The van der Waals surface area contributed by atoms with E-state index < -0.39 is 5.97 Å². The van der Waals surface area contributed by atoms with Crippen LogP contribution in [0, 0.1) is 0 Å². The fourth-order valence-corrected chi connectivity index (χ4v) is 3.85. The highest BCUT2D eigenvalue weighted by molar-refractivity contribution is 6.31. The van der Waals surface area contributed by atoms with E-state index in [1.165, 1.54) is 11.1 Å². The molecule has 0 fully saturated rings. The first-order valence-corrected chi connectivity index (χ1v) is 8.10. The predicted octanol–water partition coefficient (Wildman–Crippen LogP) is 4.46. The van der Waals surface area contributed by atoms with E-state index >= 15 is 0 Å². The van der Waals surface area contributed by atoms with Gasteiger partial charge in [-0.1, -0.05) is 35.9 Å². The Morgan fingerprint density at radius 3 is 2.91 bits per heavy atom. The molecule has 116 valence electrons. The van der Waals surface area contributed by atoms with Crippen LogP contribution in [0.5, 0.6) is 0 Å². The van der Waals surface area contributed by atoms with Crippen molar-refractivity contribution in [1.82, 2.24) is 4.57 Å². The lowest BCUT2D eigenvalue weighted by Gasteiger charge is -2.15. The fourth-order valence-electron chi connectivity index (χ4n) is 3.68. The average Bonchev–Trinajstić information content (AvgIpc) is 3.08. The summed E-state index contributed by atoms with van der Waals surface area (Å²) in [5, 5.41) is 10.8. The molecule has 1 atom stereocenters. The molecule has 0 aliphatic heterocycles. The summed E-state index contributed by atoms with van der Waals surface area (Å²) < 4.78 is 2.22. The standard InChI is InChI=1S/C19H16ClNO2/c20-14-6-8-18-16(10-14)13(9-19(22)23)11-21(18)17-7-5-12-3-1-2-4-15(12)17/h1-4,6,8,10-11,17H,5,7,9H2,(H,22,23). The summed E-state index contributed by atoms with van der Waals surface area (Å²) in [6, 6.07) is 14.5. The van der Waals surface area contributed by atoms with Gasteiger partial charge in [0.1, 0.15) is 0 Å². The molecule has 0 amide bonds. The Hall–Kier alpha value is -2.26. The van der Waals surface area contributed by atoms with Crippen LogP contribution in [-0.4, -0.2) is 15.6 Å². The third-order valence-electron chi connectivity index (χ3n) is 4.66. The summed E-state index contributed by atoms with van der Waals surface area (Å²) in [6.45, 7) is 0. The number of aromatic nitrogens is 1. The van der Waals surface area contributed by atoms with Gasteiger partial charge in [0, 0.05) is 22.1 Å². The first-order chi connectivity index (χ1) is 11.1. The van der Waals surface area contributed by atoms with Crippen LogP contribution in [-0.2, 0) is 17.6 Å². The van der Waals surface area contributed by atoms with E-state index in [2.05, 4.69) is 28.8 Å². The van der Waals surface area contributed by atoms with Crippen LogP contribution in [0.1, 0.15) is 29.2 Å². The summed E-state index contributed by atoms with van der Waals surface area (Å²) in [5.74, 6) is -0.823. The Balaban J connectivity index is 1.89. The normalized spacial score (nSPS) is 16.7. The minimum atomic E-state index is -0.823. The summed E-state index contributed by atoms with van der Waals surface area (Å²) in [5.41, 5.74) is 4.58. The molecule has 0 saturated heterocycles. The molecule has 0 spiro atoms. The quantitative estimate of drug-likeness (QED) is 0.772. The maximum atomic E-state index is 11.2. The largest absolute Gasteiger partial charge is 0.481 e.